The lowest BCUT2D eigenvalue weighted by molar-refractivity contribution is 0.476. The van der Waals surface area contributed by atoms with Crippen LogP contribution >= 0.6 is 0 Å². The van der Waals surface area contributed by atoms with Crippen LogP contribution in [0, 0.1) is 0 Å². The summed E-state index contributed by atoms with van der Waals surface area (Å²) in [5, 5.41) is 13.9. The van der Waals surface area contributed by atoms with Crippen molar-refractivity contribution in [2.24, 2.45) is 7.05 Å². The van der Waals surface area contributed by atoms with Gasteiger partial charge in [-0.1, -0.05) is 0 Å². The molecule has 96 valence electrons. The Hall–Kier alpha value is -2.02. The van der Waals surface area contributed by atoms with E-state index in [0.29, 0.717) is 17.1 Å². The number of anilines is 1. The minimum atomic E-state index is -3.33. The monoisotopic (exact) mass is 267 g/mol. The van der Waals surface area contributed by atoms with Crippen LogP contribution in [-0.2, 0) is 16.9 Å². The molecule has 6 nitrogen and oxygen atoms in total. The molecule has 7 heteroatoms. The summed E-state index contributed by atoms with van der Waals surface area (Å²) in [6.45, 7) is 0. The highest BCUT2D eigenvalue weighted by Gasteiger charge is 2.14. The van der Waals surface area contributed by atoms with E-state index in [1.54, 1.807) is 13.1 Å². The van der Waals surface area contributed by atoms with Crippen LogP contribution in [0.4, 0.5) is 5.82 Å². The van der Waals surface area contributed by atoms with Crippen molar-refractivity contribution in [1.29, 1.82) is 0 Å². The first-order chi connectivity index (χ1) is 8.29. The molecule has 0 saturated carbocycles. The third kappa shape index (κ3) is 2.17. The average Bonchev–Trinajstić information content (AvgIpc) is 2.58. The van der Waals surface area contributed by atoms with Crippen LogP contribution in [0.25, 0.3) is 11.3 Å². The molecule has 0 aliphatic rings. The van der Waals surface area contributed by atoms with E-state index in [4.69, 9.17) is 5.73 Å². The van der Waals surface area contributed by atoms with Gasteiger partial charge in [0.05, 0.1) is 10.6 Å². The summed E-state index contributed by atoms with van der Waals surface area (Å²) in [4.78, 5) is 0.125. The smallest absolute Gasteiger partial charge is 0.175 e. The van der Waals surface area contributed by atoms with Crippen molar-refractivity contribution in [3.63, 3.8) is 0 Å². The Bertz CT molecular complexity index is 685. The fourth-order valence-corrected chi connectivity index (χ4v) is 2.21. The molecule has 0 amide bonds. The number of hydrogen-bond donors (Lipinski definition) is 2. The van der Waals surface area contributed by atoms with Gasteiger partial charge in [-0.05, 0) is 18.2 Å². The number of aromatic nitrogens is 2. The van der Waals surface area contributed by atoms with Crippen molar-refractivity contribution in [2.45, 2.75) is 4.90 Å². The van der Waals surface area contributed by atoms with Gasteiger partial charge in [0, 0.05) is 24.9 Å². The number of phenolic OH excluding ortho intramolecular Hbond substituents is 1. The zero-order valence-electron chi connectivity index (χ0n) is 9.95. The summed E-state index contributed by atoms with van der Waals surface area (Å²) in [7, 11) is -1.67. The van der Waals surface area contributed by atoms with E-state index in [0.717, 1.165) is 6.26 Å². The SMILES string of the molecule is Cn1nc(-c2cc(S(C)(=O)=O)ccc2O)cc1N. The lowest BCUT2D eigenvalue weighted by Gasteiger charge is -2.04. The molecule has 0 aliphatic heterocycles. The molecule has 0 aliphatic carbocycles. The Morgan fingerprint density at radius 2 is 2.00 bits per heavy atom. The highest BCUT2D eigenvalue weighted by atomic mass is 32.2. The highest BCUT2D eigenvalue weighted by molar-refractivity contribution is 7.90. The minimum Gasteiger partial charge on any atom is -0.507 e. The molecule has 0 bridgehead atoms. The summed E-state index contributed by atoms with van der Waals surface area (Å²) in [5.74, 6) is 0.384. The van der Waals surface area contributed by atoms with Crippen LogP contribution in [-0.4, -0.2) is 29.6 Å². The molecule has 0 spiro atoms. The largest absolute Gasteiger partial charge is 0.507 e. The molecule has 0 unspecified atom stereocenters. The third-order valence-electron chi connectivity index (χ3n) is 2.59. The molecule has 0 fully saturated rings. The lowest BCUT2D eigenvalue weighted by Crippen LogP contribution is -1.98. The maximum atomic E-state index is 11.5. The van der Waals surface area contributed by atoms with Gasteiger partial charge in [-0.3, -0.25) is 4.68 Å². The molecular formula is C11H13N3O3S. The van der Waals surface area contributed by atoms with Crippen LogP contribution in [0.1, 0.15) is 0 Å². The minimum absolute atomic E-state index is 0.0412. The lowest BCUT2D eigenvalue weighted by atomic mass is 10.1. The Labute approximate surface area is 105 Å². The number of nitrogens with two attached hydrogens (primary N) is 1. The van der Waals surface area contributed by atoms with E-state index >= 15 is 0 Å². The molecule has 1 aromatic carbocycles. The van der Waals surface area contributed by atoms with Gasteiger partial charge in [-0.15, -0.1) is 0 Å². The van der Waals surface area contributed by atoms with Gasteiger partial charge in [0.2, 0.25) is 0 Å². The summed E-state index contributed by atoms with van der Waals surface area (Å²) >= 11 is 0. The van der Waals surface area contributed by atoms with Crippen molar-refractivity contribution in [3.8, 4) is 17.0 Å². The van der Waals surface area contributed by atoms with Crippen molar-refractivity contribution in [3.05, 3.63) is 24.3 Å². The molecule has 2 rings (SSSR count). The Morgan fingerprint density at radius 3 is 2.50 bits per heavy atom. The first-order valence-electron chi connectivity index (χ1n) is 5.12. The van der Waals surface area contributed by atoms with Crippen LogP contribution in [0.15, 0.2) is 29.2 Å². The number of rotatable bonds is 2. The fourth-order valence-electron chi connectivity index (χ4n) is 1.56. The van der Waals surface area contributed by atoms with E-state index in [9.17, 15) is 13.5 Å². The van der Waals surface area contributed by atoms with E-state index in [1.165, 1.54) is 22.9 Å². The predicted molar refractivity (Wildman–Crippen MR) is 67.8 cm³/mol. The molecular weight excluding hydrogens is 254 g/mol. The van der Waals surface area contributed by atoms with E-state index in [1.807, 2.05) is 0 Å². The van der Waals surface area contributed by atoms with Crippen molar-refractivity contribution >= 4 is 15.7 Å². The Kier molecular flexibility index (Phi) is 2.78. The molecule has 0 saturated heterocycles. The topological polar surface area (TPSA) is 98.2 Å². The first kappa shape index (κ1) is 12.4. The number of aromatic hydroxyl groups is 1. The van der Waals surface area contributed by atoms with Gasteiger partial charge in [0.25, 0.3) is 0 Å². The number of benzene rings is 1. The molecule has 1 aromatic heterocycles. The molecule has 3 N–H and O–H groups in total. The van der Waals surface area contributed by atoms with E-state index < -0.39 is 9.84 Å². The second-order valence-electron chi connectivity index (χ2n) is 4.03. The summed E-state index contributed by atoms with van der Waals surface area (Å²) in [6.07, 6.45) is 1.11. The van der Waals surface area contributed by atoms with Gasteiger partial charge in [0.1, 0.15) is 11.6 Å². The van der Waals surface area contributed by atoms with Gasteiger partial charge in [0.15, 0.2) is 9.84 Å². The maximum absolute atomic E-state index is 11.5. The summed E-state index contributed by atoms with van der Waals surface area (Å²) in [5.41, 5.74) is 6.42. The number of sulfone groups is 1. The quantitative estimate of drug-likeness (QED) is 0.837. The third-order valence-corrected chi connectivity index (χ3v) is 3.70. The van der Waals surface area contributed by atoms with Gasteiger partial charge >= 0.3 is 0 Å². The zero-order chi connectivity index (χ0) is 13.5. The maximum Gasteiger partial charge on any atom is 0.175 e. The number of hydrogen-bond acceptors (Lipinski definition) is 5. The number of nitrogen functional groups attached to an aromatic ring is 1. The van der Waals surface area contributed by atoms with Crippen LogP contribution in [0.3, 0.4) is 0 Å². The highest BCUT2D eigenvalue weighted by Crippen LogP contribution is 2.31. The molecule has 18 heavy (non-hydrogen) atoms. The van der Waals surface area contributed by atoms with Crippen molar-refractivity contribution < 1.29 is 13.5 Å². The normalized spacial score (nSPS) is 11.7. The van der Waals surface area contributed by atoms with E-state index in [-0.39, 0.29) is 10.6 Å². The van der Waals surface area contributed by atoms with Gasteiger partial charge in [-0.2, -0.15) is 5.10 Å². The molecule has 2 aromatic rings. The Balaban J connectivity index is 2.64. The first-order valence-corrected chi connectivity index (χ1v) is 7.01. The van der Waals surface area contributed by atoms with Crippen molar-refractivity contribution in [1.82, 2.24) is 9.78 Å². The average molecular weight is 267 g/mol. The Morgan fingerprint density at radius 1 is 1.33 bits per heavy atom. The zero-order valence-corrected chi connectivity index (χ0v) is 10.8. The van der Waals surface area contributed by atoms with Crippen LogP contribution in [0.5, 0.6) is 5.75 Å². The predicted octanol–water partition coefficient (Wildman–Crippen LogP) is 0.778. The summed E-state index contributed by atoms with van der Waals surface area (Å²) < 4.78 is 24.4. The van der Waals surface area contributed by atoms with Crippen molar-refractivity contribution in [2.75, 3.05) is 12.0 Å². The number of nitrogens with zero attached hydrogens (tertiary/aromatic N) is 2. The van der Waals surface area contributed by atoms with Gasteiger partial charge in [-0.25, -0.2) is 8.42 Å². The summed E-state index contributed by atoms with van der Waals surface area (Å²) in [6, 6.07) is 5.63. The molecule has 1 heterocycles. The fraction of sp³-hybridized carbons (Fsp3) is 0.182. The van der Waals surface area contributed by atoms with Crippen LogP contribution < -0.4 is 5.73 Å². The number of phenols is 1. The number of aryl methyl sites for hydroxylation is 1. The standard InChI is InChI=1S/C11H13N3O3S/c1-14-11(12)6-9(13-14)8-5-7(18(2,16)17)3-4-10(8)15/h3-6,15H,12H2,1-2H3. The van der Waals surface area contributed by atoms with E-state index in [2.05, 4.69) is 5.10 Å². The molecule has 0 radical (unpaired) electrons. The van der Waals surface area contributed by atoms with Crippen LogP contribution in [0.2, 0.25) is 0 Å². The molecule has 0 atom stereocenters. The van der Waals surface area contributed by atoms with Gasteiger partial charge < -0.3 is 10.8 Å². The second-order valence-corrected chi connectivity index (χ2v) is 6.04. The second kappa shape index (κ2) is 4.02.